The first kappa shape index (κ1) is 16.5. The molecule has 1 aromatic heterocycles. The number of anilines is 2. The third-order valence-corrected chi connectivity index (χ3v) is 5.42. The Balaban J connectivity index is 2.03. The van der Waals surface area contributed by atoms with Crippen LogP contribution in [-0.2, 0) is 12.7 Å². The van der Waals surface area contributed by atoms with Gasteiger partial charge >= 0.3 is 0 Å². The van der Waals surface area contributed by atoms with Crippen LogP contribution in [0.4, 0.5) is 11.4 Å². The summed E-state index contributed by atoms with van der Waals surface area (Å²) in [5, 5.41) is 0. The lowest BCUT2D eigenvalue weighted by molar-refractivity contribution is 0.393. The molecular weight excluding hydrogens is 320 g/mol. The molecule has 1 aliphatic heterocycles. The van der Waals surface area contributed by atoms with E-state index in [-0.39, 0.29) is 0 Å². The van der Waals surface area contributed by atoms with Gasteiger partial charge in [-0.1, -0.05) is 36.4 Å². The van der Waals surface area contributed by atoms with Gasteiger partial charge in [-0.2, -0.15) is 0 Å². The Bertz CT molecular complexity index is 987. The van der Waals surface area contributed by atoms with E-state index in [4.69, 9.17) is 4.98 Å². The molecule has 0 bridgehead atoms. The summed E-state index contributed by atoms with van der Waals surface area (Å²) in [5.74, 6) is 1.01. The summed E-state index contributed by atoms with van der Waals surface area (Å²) in [7, 11) is 4.24. The number of para-hydroxylation sites is 4. The van der Waals surface area contributed by atoms with E-state index in [1.807, 2.05) is 18.2 Å². The van der Waals surface area contributed by atoms with Crippen molar-refractivity contribution >= 4 is 22.4 Å². The molecule has 2 aromatic carbocycles. The quantitative estimate of drug-likeness (QED) is 0.639. The second kappa shape index (κ2) is 6.06. The van der Waals surface area contributed by atoms with E-state index < -0.39 is 5.66 Å². The number of nitrogens with zero attached hydrogens (tertiary/aromatic N) is 4. The average Bonchev–Trinajstić information content (AvgIpc) is 3.12. The predicted octanol–water partition coefficient (Wildman–Crippen LogP) is 4.44. The van der Waals surface area contributed by atoms with Gasteiger partial charge in [0.1, 0.15) is 0 Å². The number of benzene rings is 2. The smallest absolute Gasteiger partial charge is 0.176 e. The molecule has 4 nitrogen and oxygen atoms in total. The van der Waals surface area contributed by atoms with Crippen LogP contribution in [0.1, 0.15) is 12.2 Å². The SMILES string of the molecule is C=CCN1c2ccccc2N(C)C1(CC=C)c1nc2ccccc2n1C. The third-order valence-electron chi connectivity index (χ3n) is 5.42. The molecule has 4 rings (SSSR count). The number of aryl methyl sites for hydroxylation is 1. The van der Waals surface area contributed by atoms with Crippen molar-refractivity contribution in [2.75, 3.05) is 23.4 Å². The standard InChI is InChI=1S/C22H24N4/c1-5-15-22(21-23-17-11-7-8-12-18(17)24(21)3)25(4)19-13-9-10-14-20(19)26(22)16-6-2/h5-14H,1-2,15-16H2,3-4H3. The highest BCUT2D eigenvalue weighted by atomic mass is 15.5. The predicted molar refractivity (Wildman–Crippen MR) is 110 cm³/mol. The van der Waals surface area contributed by atoms with Gasteiger partial charge in [0.05, 0.1) is 22.4 Å². The van der Waals surface area contributed by atoms with Crippen LogP contribution in [0, 0.1) is 0 Å². The van der Waals surface area contributed by atoms with Gasteiger partial charge in [0.15, 0.2) is 11.5 Å². The Labute approximate surface area is 154 Å². The number of fused-ring (bicyclic) bond motifs is 2. The molecule has 0 spiro atoms. The molecule has 4 heteroatoms. The normalized spacial score (nSPS) is 19.0. The molecule has 0 radical (unpaired) electrons. The molecule has 0 N–H and O–H groups in total. The van der Waals surface area contributed by atoms with E-state index >= 15 is 0 Å². The van der Waals surface area contributed by atoms with E-state index in [1.54, 1.807) is 0 Å². The minimum atomic E-state index is -0.437. The highest BCUT2D eigenvalue weighted by molar-refractivity contribution is 5.82. The van der Waals surface area contributed by atoms with Crippen LogP contribution in [-0.4, -0.2) is 23.1 Å². The zero-order chi connectivity index (χ0) is 18.3. The fourth-order valence-electron chi connectivity index (χ4n) is 4.25. The van der Waals surface area contributed by atoms with Gasteiger partial charge < -0.3 is 14.4 Å². The van der Waals surface area contributed by atoms with Crippen LogP contribution >= 0.6 is 0 Å². The van der Waals surface area contributed by atoms with Crippen molar-refractivity contribution in [3.05, 3.63) is 79.7 Å². The molecule has 0 saturated carbocycles. The van der Waals surface area contributed by atoms with Crippen molar-refractivity contribution in [2.24, 2.45) is 7.05 Å². The van der Waals surface area contributed by atoms with Crippen molar-refractivity contribution < 1.29 is 0 Å². The summed E-state index contributed by atoms with van der Waals surface area (Å²) in [5.41, 5.74) is 4.10. The largest absolute Gasteiger partial charge is 0.344 e. The maximum Gasteiger partial charge on any atom is 0.176 e. The zero-order valence-electron chi connectivity index (χ0n) is 15.4. The first-order valence-electron chi connectivity index (χ1n) is 8.89. The topological polar surface area (TPSA) is 24.3 Å². The summed E-state index contributed by atoms with van der Waals surface area (Å²) in [4.78, 5) is 9.76. The Morgan fingerprint density at radius 2 is 1.65 bits per heavy atom. The molecule has 0 saturated heterocycles. The van der Waals surface area contributed by atoms with E-state index in [0.29, 0.717) is 0 Å². The van der Waals surface area contributed by atoms with Gasteiger partial charge in [0, 0.05) is 27.1 Å². The Hall–Kier alpha value is -3.01. The average molecular weight is 344 g/mol. The van der Waals surface area contributed by atoms with Crippen LogP contribution < -0.4 is 9.80 Å². The first-order valence-corrected chi connectivity index (χ1v) is 8.89. The highest BCUT2D eigenvalue weighted by Gasteiger charge is 2.50. The van der Waals surface area contributed by atoms with E-state index in [9.17, 15) is 0 Å². The molecule has 132 valence electrons. The summed E-state index contributed by atoms with van der Waals surface area (Å²) in [6.45, 7) is 8.78. The van der Waals surface area contributed by atoms with Crippen molar-refractivity contribution in [1.82, 2.24) is 9.55 Å². The number of hydrogen-bond acceptors (Lipinski definition) is 3. The van der Waals surface area contributed by atoms with E-state index in [1.165, 1.54) is 11.4 Å². The van der Waals surface area contributed by atoms with Gasteiger partial charge in [-0.05, 0) is 24.3 Å². The van der Waals surface area contributed by atoms with Gasteiger partial charge in [-0.15, -0.1) is 13.2 Å². The first-order chi connectivity index (χ1) is 12.6. The highest BCUT2D eigenvalue weighted by Crippen LogP contribution is 2.50. The van der Waals surface area contributed by atoms with Crippen LogP contribution in [0.2, 0.25) is 0 Å². The van der Waals surface area contributed by atoms with E-state index in [2.05, 4.69) is 84.1 Å². The van der Waals surface area contributed by atoms with Crippen molar-refractivity contribution in [2.45, 2.75) is 12.1 Å². The monoisotopic (exact) mass is 344 g/mol. The fourth-order valence-corrected chi connectivity index (χ4v) is 4.25. The lowest BCUT2D eigenvalue weighted by atomic mass is 10.0. The van der Waals surface area contributed by atoms with Gasteiger partial charge in [-0.3, -0.25) is 0 Å². The summed E-state index contributed by atoms with van der Waals surface area (Å²) in [6, 6.07) is 16.8. The minimum Gasteiger partial charge on any atom is -0.344 e. The summed E-state index contributed by atoms with van der Waals surface area (Å²) >= 11 is 0. The summed E-state index contributed by atoms with van der Waals surface area (Å²) < 4.78 is 2.21. The Kier molecular flexibility index (Phi) is 3.83. The van der Waals surface area contributed by atoms with Gasteiger partial charge in [0.25, 0.3) is 0 Å². The molecule has 0 fully saturated rings. The molecule has 0 aliphatic carbocycles. The Morgan fingerprint density at radius 1 is 0.962 bits per heavy atom. The van der Waals surface area contributed by atoms with Crippen LogP contribution in [0.25, 0.3) is 11.0 Å². The fraction of sp³-hybridized carbons (Fsp3) is 0.227. The number of hydrogen-bond donors (Lipinski definition) is 0. The van der Waals surface area contributed by atoms with Gasteiger partial charge in [-0.25, -0.2) is 4.98 Å². The van der Waals surface area contributed by atoms with E-state index in [0.717, 1.165) is 29.8 Å². The minimum absolute atomic E-state index is 0.437. The maximum atomic E-state index is 5.05. The third kappa shape index (κ3) is 2.05. The van der Waals surface area contributed by atoms with Crippen molar-refractivity contribution in [1.29, 1.82) is 0 Å². The lowest BCUT2D eigenvalue weighted by Crippen LogP contribution is -2.54. The number of aromatic nitrogens is 2. The van der Waals surface area contributed by atoms with Crippen LogP contribution in [0.5, 0.6) is 0 Å². The number of imidazole rings is 1. The molecule has 3 aromatic rings. The molecule has 1 atom stereocenters. The molecule has 1 aliphatic rings. The second-order valence-corrected chi connectivity index (χ2v) is 6.74. The Morgan fingerprint density at radius 3 is 2.35 bits per heavy atom. The van der Waals surface area contributed by atoms with Gasteiger partial charge in [0.2, 0.25) is 0 Å². The van der Waals surface area contributed by atoms with Crippen LogP contribution in [0.15, 0.2) is 73.8 Å². The molecule has 1 unspecified atom stereocenters. The number of rotatable bonds is 5. The second-order valence-electron chi connectivity index (χ2n) is 6.74. The lowest BCUT2D eigenvalue weighted by Gasteiger charge is -2.43. The van der Waals surface area contributed by atoms with Crippen LogP contribution in [0.3, 0.4) is 0 Å². The summed E-state index contributed by atoms with van der Waals surface area (Å²) in [6.07, 6.45) is 4.69. The van der Waals surface area contributed by atoms with Crippen molar-refractivity contribution in [3.63, 3.8) is 0 Å². The van der Waals surface area contributed by atoms with Crippen molar-refractivity contribution in [3.8, 4) is 0 Å². The molecule has 26 heavy (non-hydrogen) atoms. The molecule has 0 amide bonds. The zero-order valence-corrected chi connectivity index (χ0v) is 15.4. The molecule has 2 heterocycles. The molecular formula is C22H24N4. The maximum absolute atomic E-state index is 5.05.